The Morgan fingerprint density at radius 2 is 1.70 bits per heavy atom. The number of hydrogen-bond donors (Lipinski definition) is 2. The second kappa shape index (κ2) is 6.14. The number of para-hydroxylation sites is 2. The molecule has 0 aliphatic carbocycles. The normalized spacial score (nSPS) is 11.1. The lowest BCUT2D eigenvalue weighted by Crippen LogP contribution is -1.98. The Labute approximate surface area is 155 Å². The highest BCUT2D eigenvalue weighted by Crippen LogP contribution is 2.35. The fraction of sp³-hybridized carbons (Fsp3) is 0. The molecule has 3 aromatic carbocycles. The van der Waals surface area contributed by atoms with E-state index < -0.39 is 0 Å². The van der Waals surface area contributed by atoms with E-state index in [1.807, 2.05) is 60.7 Å². The molecule has 0 bridgehead atoms. The molecule has 5 nitrogen and oxygen atoms in total. The molecule has 2 aromatic heterocycles. The fourth-order valence-electron chi connectivity index (χ4n) is 3.26. The Kier molecular flexibility index (Phi) is 3.50. The van der Waals surface area contributed by atoms with Crippen LogP contribution < -0.4 is 11.1 Å². The van der Waals surface area contributed by atoms with Crippen molar-refractivity contribution in [2.24, 2.45) is 0 Å². The van der Waals surface area contributed by atoms with E-state index in [1.165, 1.54) is 0 Å². The highest BCUT2D eigenvalue weighted by Gasteiger charge is 2.13. The number of furan rings is 1. The SMILES string of the molecule is Nc1cccc(Nc2nccc(-c3cccc4c3oc3ccccc34)n2)c1. The molecule has 0 atom stereocenters. The molecule has 0 aliphatic rings. The van der Waals surface area contributed by atoms with Crippen LogP contribution in [-0.4, -0.2) is 9.97 Å². The van der Waals surface area contributed by atoms with Crippen molar-refractivity contribution in [2.75, 3.05) is 11.1 Å². The molecule has 0 saturated heterocycles. The summed E-state index contributed by atoms with van der Waals surface area (Å²) in [7, 11) is 0. The second-order valence-electron chi connectivity index (χ2n) is 6.30. The summed E-state index contributed by atoms with van der Waals surface area (Å²) in [4.78, 5) is 8.98. The highest BCUT2D eigenvalue weighted by molar-refractivity contribution is 6.09. The van der Waals surface area contributed by atoms with Crippen LogP contribution in [0.15, 0.2) is 83.4 Å². The highest BCUT2D eigenvalue weighted by atomic mass is 16.3. The lowest BCUT2D eigenvalue weighted by Gasteiger charge is -2.07. The first-order valence-corrected chi connectivity index (χ1v) is 8.64. The predicted octanol–water partition coefficient (Wildman–Crippen LogP) is 5.37. The van der Waals surface area contributed by atoms with Gasteiger partial charge in [-0.25, -0.2) is 9.97 Å². The number of nitrogens with one attached hydrogen (secondary N) is 1. The standard InChI is InChI=1S/C22H16N4O/c23-14-5-3-6-15(13-14)25-22-24-12-11-19(26-22)18-9-4-8-17-16-7-1-2-10-20(16)27-21(17)18/h1-13H,23H2,(H,24,25,26). The van der Waals surface area contributed by atoms with Crippen molar-refractivity contribution in [1.82, 2.24) is 9.97 Å². The molecule has 0 radical (unpaired) electrons. The molecule has 0 saturated carbocycles. The van der Waals surface area contributed by atoms with Crippen molar-refractivity contribution in [3.8, 4) is 11.3 Å². The number of nitrogen functional groups attached to an aromatic ring is 1. The number of fused-ring (bicyclic) bond motifs is 3. The maximum Gasteiger partial charge on any atom is 0.227 e. The lowest BCUT2D eigenvalue weighted by molar-refractivity contribution is 0.670. The summed E-state index contributed by atoms with van der Waals surface area (Å²) >= 11 is 0. The predicted molar refractivity (Wildman–Crippen MR) is 109 cm³/mol. The molecule has 3 N–H and O–H groups in total. The van der Waals surface area contributed by atoms with Gasteiger partial charge in [0.15, 0.2) is 0 Å². The van der Waals surface area contributed by atoms with Gasteiger partial charge in [0.2, 0.25) is 5.95 Å². The molecular weight excluding hydrogens is 336 g/mol. The molecule has 0 amide bonds. The molecule has 5 heteroatoms. The first-order valence-electron chi connectivity index (χ1n) is 8.64. The molecule has 5 aromatic rings. The Morgan fingerprint density at radius 1 is 0.852 bits per heavy atom. The summed E-state index contributed by atoms with van der Waals surface area (Å²) < 4.78 is 6.11. The van der Waals surface area contributed by atoms with Gasteiger partial charge in [-0.3, -0.25) is 0 Å². The summed E-state index contributed by atoms with van der Waals surface area (Å²) in [5.74, 6) is 0.506. The minimum Gasteiger partial charge on any atom is -0.455 e. The monoisotopic (exact) mass is 352 g/mol. The van der Waals surface area contributed by atoms with Gasteiger partial charge in [-0.1, -0.05) is 36.4 Å². The van der Waals surface area contributed by atoms with Gasteiger partial charge < -0.3 is 15.5 Å². The Morgan fingerprint density at radius 3 is 2.63 bits per heavy atom. The Balaban J connectivity index is 1.61. The number of hydrogen-bond acceptors (Lipinski definition) is 5. The van der Waals surface area contributed by atoms with Crippen molar-refractivity contribution < 1.29 is 4.42 Å². The molecule has 0 unspecified atom stereocenters. The zero-order chi connectivity index (χ0) is 18.2. The van der Waals surface area contributed by atoms with Gasteiger partial charge in [0.05, 0.1) is 5.69 Å². The topological polar surface area (TPSA) is 77.0 Å². The lowest BCUT2D eigenvalue weighted by atomic mass is 10.1. The number of nitrogens with zero attached hydrogens (tertiary/aromatic N) is 2. The van der Waals surface area contributed by atoms with Gasteiger partial charge in [0.1, 0.15) is 11.2 Å². The van der Waals surface area contributed by atoms with E-state index in [0.29, 0.717) is 11.6 Å². The van der Waals surface area contributed by atoms with Crippen LogP contribution in [-0.2, 0) is 0 Å². The maximum atomic E-state index is 6.11. The average molecular weight is 352 g/mol. The molecular formula is C22H16N4O. The van der Waals surface area contributed by atoms with E-state index in [1.54, 1.807) is 6.20 Å². The second-order valence-corrected chi connectivity index (χ2v) is 6.30. The third-order valence-electron chi connectivity index (χ3n) is 4.48. The van der Waals surface area contributed by atoms with Crippen LogP contribution in [0.1, 0.15) is 0 Å². The van der Waals surface area contributed by atoms with Gasteiger partial charge >= 0.3 is 0 Å². The van der Waals surface area contributed by atoms with Crippen LogP contribution in [0.5, 0.6) is 0 Å². The van der Waals surface area contributed by atoms with Crippen LogP contribution in [0.2, 0.25) is 0 Å². The van der Waals surface area contributed by atoms with E-state index in [2.05, 4.69) is 27.4 Å². The van der Waals surface area contributed by atoms with Gasteiger partial charge in [0, 0.05) is 33.9 Å². The van der Waals surface area contributed by atoms with E-state index in [4.69, 9.17) is 10.2 Å². The van der Waals surface area contributed by atoms with E-state index in [0.717, 1.165) is 38.9 Å². The fourth-order valence-corrected chi connectivity index (χ4v) is 3.26. The first-order chi connectivity index (χ1) is 13.3. The number of benzene rings is 3. The molecule has 0 fully saturated rings. The third kappa shape index (κ3) is 2.75. The van der Waals surface area contributed by atoms with Gasteiger partial charge in [-0.15, -0.1) is 0 Å². The summed E-state index contributed by atoms with van der Waals surface area (Å²) in [6.45, 7) is 0. The van der Waals surface area contributed by atoms with Crippen molar-refractivity contribution in [2.45, 2.75) is 0 Å². The maximum absolute atomic E-state index is 6.11. The van der Waals surface area contributed by atoms with Crippen molar-refractivity contribution >= 4 is 39.3 Å². The zero-order valence-electron chi connectivity index (χ0n) is 14.4. The smallest absolute Gasteiger partial charge is 0.227 e. The average Bonchev–Trinajstić information content (AvgIpc) is 3.07. The minimum atomic E-state index is 0.506. The molecule has 5 rings (SSSR count). The zero-order valence-corrected chi connectivity index (χ0v) is 14.4. The van der Waals surface area contributed by atoms with Gasteiger partial charge in [-0.05, 0) is 36.4 Å². The van der Waals surface area contributed by atoms with Crippen LogP contribution in [0.3, 0.4) is 0 Å². The third-order valence-corrected chi connectivity index (χ3v) is 4.48. The number of anilines is 3. The van der Waals surface area contributed by atoms with Crippen molar-refractivity contribution in [3.63, 3.8) is 0 Å². The number of aromatic nitrogens is 2. The van der Waals surface area contributed by atoms with Crippen LogP contribution in [0.25, 0.3) is 33.2 Å². The van der Waals surface area contributed by atoms with Crippen LogP contribution in [0.4, 0.5) is 17.3 Å². The summed E-state index contributed by atoms with van der Waals surface area (Å²) in [6, 6.07) is 23.5. The minimum absolute atomic E-state index is 0.506. The largest absolute Gasteiger partial charge is 0.455 e. The van der Waals surface area contributed by atoms with E-state index in [-0.39, 0.29) is 0 Å². The Bertz CT molecular complexity index is 1280. The van der Waals surface area contributed by atoms with E-state index in [9.17, 15) is 0 Å². The molecule has 0 spiro atoms. The number of rotatable bonds is 3. The van der Waals surface area contributed by atoms with Crippen molar-refractivity contribution in [1.29, 1.82) is 0 Å². The molecule has 130 valence electrons. The molecule has 27 heavy (non-hydrogen) atoms. The van der Waals surface area contributed by atoms with Gasteiger partial charge in [-0.2, -0.15) is 0 Å². The summed E-state index contributed by atoms with van der Waals surface area (Å²) in [5.41, 5.74) is 10.8. The quantitative estimate of drug-likeness (QED) is 0.427. The molecule has 2 heterocycles. The first kappa shape index (κ1) is 15.4. The van der Waals surface area contributed by atoms with Crippen LogP contribution in [0, 0.1) is 0 Å². The number of nitrogens with two attached hydrogens (primary N) is 1. The Hall–Kier alpha value is -3.86. The van der Waals surface area contributed by atoms with Crippen LogP contribution >= 0.6 is 0 Å². The summed E-state index contributed by atoms with van der Waals surface area (Å²) in [6.07, 6.45) is 1.73. The summed E-state index contributed by atoms with van der Waals surface area (Å²) in [5, 5.41) is 5.37. The van der Waals surface area contributed by atoms with E-state index >= 15 is 0 Å². The van der Waals surface area contributed by atoms with Gasteiger partial charge in [0.25, 0.3) is 0 Å². The van der Waals surface area contributed by atoms with Crippen molar-refractivity contribution in [3.05, 3.63) is 79.0 Å². The molecule has 0 aliphatic heterocycles.